The molecule has 2 rings (SSSR count). The van der Waals surface area contributed by atoms with Crippen molar-refractivity contribution in [1.29, 1.82) is 0 Å². The molecule has 0 spiro atoms. The highest BCUT2D eigenvalue weighted by Crippen LogP contribution is 2.36. The molecule has 0 amide bonds. The number of aliphatic carboxylic acids is 1. The van der Waals surface area contributed by atoms with Crippen molar-refractivity contribution in [3.05, 3.63) is 24.3 Å². The van der Waals surface area contributed by atoms with Gasteiger partial charge in [-0.05, 0) is 51.7 Å². The molecule has 0 saturated carbocycles. The summed E-state index contributed by atoms with van der Waals surface area (Å²) in [6, 6.07) is 5.67. The van der Waals surface area contributed by atoms with Gasteiger partial charge in [-0.3, -0.25) is 0 Å². The second kappa shape index (κ2) is 6.61. The fraction of sp³-hybridized carbons (Fsp3) is 0.562. The molecule has 26 heavy (non-hydrogen) atoms. The largest absolute Gasteiger partial charge is 0.494 e. The van der Waals surface area contributed by atoms with E-state index in [-0.39, 0.29) is 11.3 Å². The quantitative estimate of drug-likeness (QED) is 0.480. The maximum Gasteiger partial charge on any atom is 0.494 e. The summed E-state index contributed by atoms with van der Waals surface area (Å²) in [6.07, 6.45) is -0.326. The summed E-state index contributed by atoms with van der Waals surface area (Å²) in [7, 11) is -4.87. The summed E-state index contributed by atoms with van der Waals surface area (Å²) in [4.78, 5) is 10.9. The molecule has 1 unspecified atom stereocenters. The monoisotopic (exact) mass is 385 g/mol. The molecule has 1 aliphatic rings. The number of rotatable bonds is 6. The molecule has 3 N–H and O–H groups in total. The van der Waals surface area contributed by atoms with E-state index in [2.05, 4.69) is 0 Å². The number of hydrogen-bond donors (Lipinski definition) is 3. The molecule has 1 heterocycles. The predicted octanol–water partition coefficient (Wildman–Crippen LogP) is 0.447. The van der Waals surface area contributed by atoms with Crippen LogP contribution in [0.3, 0.4) is 0 Å². The van der Waals surface area contributed by atoms with Crippen LogP contribution < -0.4 is 10.2 Å². The fourth-order valence-electron chi connectivity index (χ4n) is 2.33. The van der Waals surface area contributed by atoms with Gasteiger partial charge in [-0.25, -0.2) is 13.2 Å². The second-order valence-corrected chi connectivity index (χ2v) is 8.96. The summed E-state index contributed by atoms with van der Waals surface area (Å²) in [6.45, 7) is 9.00. The van der Waals surface area contributed by atoms with Gasteiger partial charge in [-0.2, -0.15) is 4.72 Å². The van der Waals surface area contributed by atoms with Crippen molar-refractivity contribution >= 4 is 28.6 Å². The zero-order valence-electron chi connectivity index (χ0n) is 15.4. The van der Waals surface area contributed by atoms with Gasteiger partial charge < -0.3 is 19.5 Å². The second-order valence-electron chi connectivity index (χ2n) is 7.28. The maximum atomic E-state index is 12.4. The highest BCUT2D eigenvalue weighted by Gasteiger charge is 2.51. The zero-order chi connectivity index (χ0) is 20.0. The minimum Gasteiger partial charge on any atom is -0.478 e. The Bertz CT molecular complexity index is 775. The first-order valence-electron chi connectivity index (χ1n) is 8.19. The van der Waals surface area contributed by atoms with E-state index >= 15 is 0 Å². The van der Waals surface area contributed by atoms with Crippen molar-refractivity contribution in [2.75, 3.05) is 0 Å². The molecular weight excluding hydrogens is 361 g/mol. The third-order valence-corrected chi connectivity index (χ3v) is 6.38. The van der Waals surface area contributed by atoms with Gasteiger partial charge in [0.25, 0.3) is 0 Å². The SMILES string of the molecule is CCC(O)(NS(=O)(=O)c1ccc(B2OC(C)(C)C(C)(C)O2)cc1)C(=O)O. The van der Waals surface area contributed by atoms with Crippen molar-refractivity contribution < 1.29 is 32.7 Å². The lowest BCUT2D eigenvalue weighted by Gasteiger charge is -2.32. The third kappa shape index (κ3) is 3.79. The number of aliphatic hydroxyl groups is 1. The Balaban J connectivity index is 2.23. The minimum absolute atomic E-state index is 0.175. The van der Waals surface area contributed by atoms with Crippen LogP contribution in [0.2, 0.25) is 0 Å². The fourth-order valence-corrected chi connectivity index (χ4v) is 3.62. The van der Waals surface area contributed by atoms with Gasteiger partial charge in [-0.15, -0.1) is 0 Å². The smallest absolute Gasteiger partial charge is 0.478 e. The molecular formula is C16H24BNO7S. The molecule has 1 saturated heterocycles. The highest BCUT2D eigenvalue weighted by atomic mass is 32.2. The molecule has 1 fully saturated rings. The van der Waals surface area contributed by atoms with Crippen LogP contribution in [0, 0.1) is 0 Å². The number of benzene rings is 1. The van der Waals surface area contributed by atoms with Gasteiger partial charge in [0.15, 0.2) is 0 Å². The van der Waals surface area contributed by atoms with Gasteiger partial charge in [0.1, 0.15) is 0 Å². The zero-order valence-corrected chi connectivity index (χ0v) is 16.3. The summed E-state index contributed by atoms with van der Waals surface area (Å²) in [5.74, 6) is -1.67. The Kier molecular flexibility index (Phi) is 5.30. The molecule has 144 valence electrons. The molecule has 0 bridgehead atoms. The lowest BCUT2D eigenvalue weighted by Crippen LogP contribution is -2.53. The first kappa shape index (κ1) is 20.9. The number of carboxylic acid groups (broad SMARTS) is 1. The van der Waals surface area contributed by atoms with Gasteiger partial charge in [-0.1, -0.05) is 19.1 Å². The normalized spacial score (nSPS) is 21.4. The highest BCUT2D eigenvalue weighted by molar-refractivity contribution is 7.89. The van der Waals surface area contributed by atoms with Crippen LogP contribution in [0.25, 0.3) is 0 Å². The van der Waals surface area contributed by atoms with Crippen molar-refractivity contribution in [3.8, 4) is 0 Å². The number of carboxylic acids is 1. The Morgan fingerprint density at radius 2 is 1.62 bits per heavy atom. The molecule has 1 aromatic rings. The van der Waals surface area contributed by atoms with Gasteiger partial charge >= 0.3 is 13.1 Å². The van der Waals surface area contributed by atoms with E-state index in [0.717, 1.165) is 0 Å². The van der Waals surface area contributed by atoms with Gasteiger partial charge in [0.05, 0.1) is 16.1 Å². The van der Waals surface area contributed by atoms with E-state index in [1.165, 1.54) is 31.2 Å². The van der Waals surface area contributed by atoms with Crippen molar-refractivity contribution in [1.82, 2.24) is 4.72 Å². The average Bonchev–Trinajstić information content (AvgIpc) is 2.75. The average molecular weight is 385 g/mol. The van der Waals surface area contributed by atoms with E-state index < -0.39 is 40.0 Å². The van der Waals surface area contributed by atoms with E-state index in [1.807, 2.05) is 32.4 Å². The van der Waals surface area contributed by atoms with Crippen LogP contribution in [-0.4, -0.2) is 48.6 Å². The Morgan fingerprint density at radius 3 is 2.00 bits per heavy atom. The third-order valence-electron chi connectivity index (χ3n) is 4.88. The van der Waals surface area contributed by atoms with Crippen LogP contribution >= 0.6 is 0 Å². The summed E-state index contributed by atoms with van der Waals surface area (Å²) >= 11 is 0. The van der Waals surface area contributed by atoms with E-state index in [0.29, 0.717) is 5.46 Å². The number of nitrogens with one attached hydrogen (secondary N) is 1. The van der Waals surface area contributed by atoms with E-state index in [1.54, 1.807) is 0 Å². The van der Waals surface area contributed by atoms with Crippen molar-refractivity contribution in [3.63, 3.8) is 0 Å². The number of hydrogen-bond acceptors (Lipinski definition) is 6. The lowest BCUT2D eigenvalue weighted by molar-refractivity contribution is -0.160. The maximum absolute atomic E-state index is 12.4. The molecule has 0 aliphatic carbocycles. The summed E-state index contributed by atoms with van der Waals surface area (Å²) < 4.78 is 38.3. The van der Waals surface area contributed by atoms with Crippen LogP contribution in [0.4, 0.5) is 0 Å². The van der Waals surface area contributed by atoms with Crippen LogP contribution in [-0.2, 0) is 24.1 Å². The first-order valence-corrected chi connectivity index (χ1v) is 9.68. The Hall–Kier alpha value is -1.46. The van der Waals surface area contributed by atoms with E-state index in [4.69, 9.17) is 14.4 Å². The Labute approximate surface area is 153 Å². The molecule has 0 radical (unpaired) electrons. The molecule has 1 atom stereocenters. The van der Waals surface area contributed by atoms with Gasteiger partial charge in [0, 0.05) is 0 Å². The molecule has 8 nitrogen and oxygen atoms in total. The van der Waals surface area contributed by atoms with Gasteiger partial charge in [0.2, 0.25) is 15.7 Å². The van der Waals surface area contributed by atoms with Crippen LogP contribution in [0.5, 0.6) is 0 Å². The molecule has 0 aromatic heterocycles. The lowest BCUT2D eigenvalue weighted by atomic mass is 9.79. The summed E-state index contributed by atoms with van der Waals surface area (Å²) in [5.41, 5.74) is -2.98. The topological polar surface area (TPSA) is 122 Å². The Morgan fingerprint density at radius 1 is 1.15 bits per heavy atom. The number of carbonyl (C=O) groups is 1. The van der Waals surface area contributed by atoms with Crippen molar-refractivity contribution in [2.45, 2.75) is 62.9 Å². The van der Waals surface area contributed by atoms with E-state index in [9.17, 15) is 18.3 Å². The van der Waals surface area contributed by atoms with Crippen LogP contribution in [0.1, 0.15) is 41.0 Å². The number of sulfonamides is 1. The first-order chi connectivity index (χ1) is 11.7. The summed E-state index contributed by atoms with van der Waals surface area (Å²) in [5, 5.41) is 18.9. The standard InChI is InChI=1S/C16H24BNO7S/c1-6-16(21,13(19)20)18-26(22,23)12-9-7-11(8-10-12)17-24-14(2,3)15(4,5)25-17/h7-10,18,21H,6H2,1-5H3,(H,19,20). The van der Waals surface area contributed by atoms with Crippen LogP contribution in [0.15, 0.2) is 29.2 Å². The predicted molar refractivity (Wildman–Crippen MR) is 95.4 cm³/mol. The molecule has 1 aromatic carbocycles. The minimum atomic E-state index is -4.22. The molecule has 10 heteroatoms. The van der Waals surface area contributed by atoms with Crippen molar-refractivity contribution in [2.24, 2.45) is 0 Å². The molecule has 1 aliphatic heterocycles.